The summed E-state index contributed by atoms with van der Waals surface area (Å²) in [6.45, 7) is 8.04. The van der Waals surface area contributed by atoms with Gasteiger partial charge in [0.05, 0.1) is 32.4 Å². The number of nitrogens with one attached hydrogen (secondary N) is 1. The van der Waals surface area contributed by atoms with Crippen molar-refractivity contribution in [1.82, 2.24) is 38.7 Å². The van der Waals surface area contributed by atoms with Gasteiger partial charge >= 0.3 is 5.69 Å². The molecule has 216 valence electrons. The Hall–Kier alpha value is -3.48. The first-order valence-electron chi connectivity index (χ1n) is 14.0. The molecule has 2 aromatic heterocycles. The molecule has 2 aliphatic rings. The van der Waals surface area contributed by atoms with Gasteiger partial charge in [0.15, 0.2) is 5.65 Å². The first-order chi connectivity index (χ1) is 19.3. The normalized spacial score (nSPS) is 18.9. The van der Waals surface area contributed by atoms with Crippen LogP contribution < -0.4 is 15.7 Å². The molecule has 0 radical (unpaired) electrons. The summed E-state index contributed by atoms with van der Waals surface area (Å²) in [7, 11) is 7.32. The molecular formula is C28H41N9O3. The van der Waals surface area contributed by atoms with Crippen molar-refractivity contribution in [3.63, 3.8) is 0 Å². The van der Waals surface area contributed by atoms with Crippen LogP contribution in [0.5, 0.6) is 5.75 Å². The number of imidazole rings is 1. The Labute approximate surface area is 235 Å². The van der Waals surface area contributed by atoms with Gasteiger partial charge in [-0.05, 0) is 31.2 Å². The standard InChI is InChI=1S/C28H41N9O3/c1-32(2)25(38)20-35-11-9-22(19-35)37-24-17-30-27(29-10-12-34-15-13-33(3)14-16-34)31-26(24)36(28(37)39)18-21-5-7-23(40-4)8-6-21/h5-8,17,22H,9-16,18-20H2,1-4H3,(H,29,30,31). The number of benzene rings is 1. The Morgan fingerprint density at radius 3 is 2.55 bits per heavy atom. The van der Waals surface area contributed by atoms with E-state index in [1.807, 2.05) is 28.8 Å². The zero-order valence-corrected chi connectivity index (χ0v) is 24.0. The number of carbonyl (C=O) groups excluding carboxylic acids is 1. The molecule has 3 aromatic rings. The fraction of sp³-hybridized carbons (Fsp3) is 0.571. The number of ether oxygens (including phenoxy) is 1. The number of likely N-dealkylation sites (N-methyl/N-ethyl adjacent to an activating group) is 2. The van der Waals surface area contributed by atoms with E-state index in [4.69, 9.17) is 9.72 Å². The number of anilines is 1. The fourth-order valence-corrected chi connectivity index (χ4v) is 5.45. The number of aromatic nitrogens is 4. The van der Waals surface area contributed by atoms with Crippen molar-refractivity contribution in [2.75, 3.05) is 92.5 Å². The van der Waals surface area contributed by atoms with E-state index in [-0.39, 0.29) is 17.6 Å². The van der Waals surface area contributed by atoms with Crippen molar-refractivity contribution in [2.45, 2.75) is 19.0 Å². The Morgan fingerprint density at radius 2 is 1.85 bits per heavy atom. The van der Waals surface area contributed by atoms with Gasteiger partial charge < -0.3 is 19.9 Å². The van der Waals surface area contributed by atoms with Gasteiger partial charge in [0, 0.05) is 66.5 Å². The van der Waals surface area contributed by atoms with E-state index in [0.29, 0.717) is 36.7 Å². The van der Waals surface area contributed by atoms with Gasteiger partial charge in [0.1, 0.15) is 11.3 Å². The molecule has 1 N–H and O–H groups in total. The highest BCUT2D eigenvalue weighted by molar-refractivity contribution is 5.77. The van der Waals surface area contributed by atoms with Gasteiger partial charge in [-0.15, -0.1) is 0 Å². The minimum absolute atomic E-state index is 0.0540. The third-order valence-electron chi connectivity index (χ3n) is 7.98. The molecule has 0 spiro atoms. The fourth-order valence-electron chi connectivity index (χ4n) is 5.45. The molecule has 0 bridgehead atoms. The van der Waals surface area contributed by atoms with Crippen molar-refractivity contribution < 1.29 is 9.53 Å². The molecule has 12 heteroatoms. The van der Waals surface area contributed by atoms with Crippen molar-refractivity contribution >= 4 is 23.0 Å². The molecule has 2 aliphatic heterocycles. The molecule has 40 heavy (non-hydrogen) atoms. The molecule has 4 heterocycles. The van der Waals surface area contributed by atoms with Crippen LogP contribution >= 0.6 is 0 Å². The van der Waals surface area contributed by atoms with E-state index in [0.717, 1.165) is 63.5 Å². The van der Waals surface area contributed by atoms with E-state index in [9.17, 15) is 9.59 Å². The van der Waals surface area contributed by atoms with Crippen molar-refractivity contribution in [1.29, 1.82) is 0 Å². The summed E-state index contributed by atoms with van der Waals surface area (Å²) in [6.07, 6.45) is 2.55. The van der Waals surface area contributed by atoms with Crippen LogP contribution in [0, 0.1) is 0 Å². The molecule has 1 aromatic carbocycles. The van der Waals surface area contributed by atoms with Crippen LogP contribution in [-0.4, -0.2) is 132 Å². The number of hydrogen-bond acceptors (Lipinski definition) is 9. The van der Waals surface area contributed by atoms with Gasteiger partial charge in [-0.25, -0.2) is 9.78 Å². The number of nitrogens with zero attached hydrogens (tertiary/aromatic N) is 8. The second-order valence-electron chi connectivity index (χ2n) is 11.0. The maximum atomic E-state index is 13.9. The third kappa shape index (κ3) is 6.29. The maximum Gasteiger partial charge on any atom is 0.330 e. The Morgan fingerprint density at radius 1 is 1.10 bits per heavy atom. The quantitative estimate of drug-likeness (QED) is 0.389. The van der Waals surface area contributed by atoms with E-state index in [1.54, 1.807) is 36.9 Å². The number of piperazine rings is 1. The number of amides is 1. The highest BCUT2D eigenvalue weighted by atomic mass is 16.5. The van der Waals surface area contributed by atoms with E-state index in [2.05, 4.69) is 32.0 Å². The minimum Gasteiger partial charge on any atom is -0.497 e. The zero-order valence-electron chi connectivity index (χ0n) is 24.0. The molecule has 1 unspecified atom stereocenters. The number of hydrogen-bond donors (Lipinski definition) is 1. The van der Waals surface area contributed by atoms with Crippen molar-refractivity contribution in [3.05, 3.63) is 46.5 Å². The number of rotatable bonds is 10. The lowest BCUT2D eigenvalue weighted by Crippen LogP contribution is -2.45. The number of fused-ring (bicyclic) bond motifs is 1. The monoisotopic (exact) mass is 551 g/mol. The summed E-state index contributed by atoms with van der Waals surface area (Å²) in [6, 6.07) is 7.68. The molecule has 0 aliphatic carbocycles. The lowest BCUT2D eigenvalue weighted by Gasteiger charge is -2.32. The number of carbonyl (C=O) groups is 1. The van der Waals surface area contributed by atoms with Crippen LogP contribution in [0.4, 0.5) is 5.95 Å². The topological polar surface area (TPSA) is 104 Å². The zero-order chi connectivity index (χ0) is 28.2. The molecule has 0 saturated carbocycles. The van der Waals surface area contributed by atoms with Gasteiger partial charge in [0.2, 0.25) is 11.9 Å². The SMILES string of the molecule is COc1ccc(Cn2c(=O)n(C3CCN(CC(=O)N(C)C)C3)c3cnc(NCCN4CCN(C)CC4)nc32)cc1. The average molecular weight is 552 g/mol. The van der Waals surface area contributed by atoms with Crippen LogP contribution in [0.1, 0.15) is 18.0 Å². The summed E-state index contributed by atoms with van der Waals surface area (Å²) < 4.78 is 8.86. The minimum atomic E-state index is -0.111. The van der Waals surface area contributed by atoms with E-state index < -0.39 is 0 Å². The first-order valence-corrected chi connectivity index (χ1v) is 14.0. The predicted molar refractivity (Wildman–Crippen MR) is 155 cm³/mol. The predicted octanol–water partition coefficient (Wildman–Crippen LogP) is 0.644. The Kier molecular flexibility index (Phi) is 8.67. The maximum absolute atomic E-state index is 13.9. The molecule has 12 nitrogen and oxygen atoms in total. The molecule has 5 rings (SSSR count). The lowest BCUT2D eigenvalue weighted by molar-refractivity contribution is -0.129. The second-order valence-corrected chi connectivity index (χ2v) is 11.0. The summed E-state index contributed by atoms with van der Waals surface area (Å²) in [5.41, 5.74) is 2.20. The van der Waals surface area contributed by atoms with Gasteiger partial charge in [-0.3, -0.25) is 23.7 Å². The van der Waals surface area contributed by atoms with Gasteiger partial charge in [-0.1, -0.05) is 12.1 Å². The average Bonchev–Trinajstić information content (AvgIpc) is 3.51. The Balaban J connectivity index is 1.39. The van der Waals surface area contributed by atoms with Crippen molar-refractivity contribution in [2.24, 2.45) is 0 Å². The second kappa shape index (κ2) is 12.4. The largest absolute Gasteiger partial charge is 0.497 e. The van der Waals surface area contributed by atoms with E-state index >= 15 is 0 Å². The van der Waals surface area contributed by atoms with E-state index in [1.165, 1.54) is 0 Å². The molecule has 1 atom stereocenters. The smallest absolute Gasteiger partial charge is 0.330 e. The van der Waals surface area contributed by atoms with Crippen LogP contribution in [0.25, 0.3) is 11.2 Å². The number of likely N-dealkylation sites (tertiary alicyclic amines) is 1. The van der Waals surface area contributed by atoms with Crippen molar-refractivity contribution in [3.8, 4) is 5.75 Å². The van der Waals surface area contributed by atoms with Crippen LogP contribution in [0.2, 0.25) is 0 Å². The molecular weight excluding hydrogens is 510 g/mol. The first kappa shape index (κ1) is 28.1. The summed E-state index contributed by atoms with van der Waals surface area (Å²) in [5, 5.41) is 3.37. The van der Waals surface area contributed by atoms with Gasteiger partial charge in [-0.2, -0.15) is 4.98 Å². The van der Waals surface area contributed by atoms with Crippen LogP contribution in [0.3, 0.4) is 0 Å². The van der Waals surface area contributed by atoms with Crippen LogP contribution in [0.15, 0.2) is 35.3 Å². The lowest BCUT2D eigenvalue weighted by atomic mass is 10.2. The third-order valence-corrected chi connectivity index (χ3v) is 7.98. The highest BCUT2D eigenvalue weighted by Gasteiger charge is 2.30. The highest BCUT2D eigenvalue weighted by Crippen LogP contribution is 2.25. The molecule has 2 saturated heterocycles. The van der Waals surface area contributed by atoms with Crippen LogP contribution in [-0.2, 0) is 11.3 Å². The summed E-state index contributed by atoms with van der Waals surface area (Å²) in [4.78, 5) is 44.1. The number of methoxy groups -OCH3 is 1. The Bertz CT molecular complexity index is 1360. The molecule has 1 amide bonds. The molecule has 2 fully saturated rings. The summed E-state index contributed by atoms with van der Waals surface area (Å²) >= 11 is 0. The summed E-state index contributed by atoms with van der Waals surface area (Å²) in [5.74, 6) is 1.35. The van der Waals surface area contributed by atoms with Gasteiger partial charge in [0.25, 0.3) is 0 Å².